The van der Waals surface area contributed by atoms with E-state index in [-0.39, 0.29) is 6.10 Å². The third kappa shape index (κ3) is 2.35. The van der Waals surface area contributed by atoms with Crippen LogP contribution < -0.4 is 0 Å². The van der Waals surface area contributed by atoms with Crippen LogP contribution in [0.25, 0.3) is 0 Å². The molecule has 0 aromatic carbocycles. The lowest BCUT2D eigenvalue weighted by molar-refractivity contribution is -0.161. The fourth-order valence-corrected chi connectivity index (χ4v) is 1.19. The van der Waals surface area contributed by atoms with Crippen LogP contribution in [0.15, 0.2) is 0 Å². The van der Waals surface area contributed by atoms with Gasteiger partial charge in [0.15, 0.2) is 6.10 Å². The Morgan fingerprint density at radius 3 is 2.50 bits per heavy atom. The molecule has 1 N–H and O–H groups in total. The van der Waals surface area contributed by atoms with Crippen LogP contribution in [0, 0.1) is 0 Å². The van der Waals surface area contributed by atoms with E-state index in [9.17, 15) is 9.59 Å². The lowest BCUT2D eigenvalue weighted by Crippen LogP contribution is -2.55. The SMILES string of the molecule is COC(=O)[C@@H](C)OC1CN(C(=O)O)C1. The Morgan fingerprint density at radius 2 is 2.07 bits per heavy atom. The summed E-state index contributed by atoms with van der Waals surface area (Å²) in [4.78, 5) is 22.5. The Labute approximate surface area is 81.4 Å². The molecule has 0 aliphatic carbocycles. The molecule has 0 spiro atoms. The van der Waals surface area contributed by atoms with Crippen LogP contribution in [0.1, 0.15) is 6.92 Å². The van der Waals surface area contributed by atoms with Gasteiger partial charge < -0.3 is 19.5 Å². The largest absolute Gasteiger partial charge is 0.467 e. The topological polar surface area (TPSA) is 76.1 Å². The highest BCUT2D eigenvalue weighted by atomic mass is 16.6. The van der Waals surface area contributed by atoms with Crippen LogP contribution in [0.5, 0.6) is 0 Å². The van der Waals surface area contributed by atoms with Gasteiger partial charge in [-0.15, -0.1) is 0 Å². The minimum absolute atomic E-state index is 0.194. The van der Waals surface area contributed by atoms with Crippen LogP contribution in [0.4, 0.5) is 4.79 Å². The highest BCUT2D eigenvalue weighted by Crippen LogP contribution is 2.13. The first-order valence-electron chi connectivity index (χ1n) is 4.25. The molecule has 1 atom stereocenters. The highest BCUT2D eigenvalue weighted by molar-refractivity contribution is 5.74. The van der Waals surface area contributed by atoms with E-state index in [4.69, 9.17) is 9.84 Å². The molecule has 1 fully saturated rings. The molecule has 0 aromatic heterocycles. The number of hydrogen-bond acceptors (Lipinski definition) is 4. The highest BCUT2D eigenvalue weighted by Gasteiger charge is 2.33. The third-order valence-electron chi connectivity index (χ3n) is 2.05. The molecule has 0 radical (unpaired) electrons. The molecule has 14 heavy (non-hydrogen) atoms. The predicted molar refractivity (Wildman–Crippen MR) is 45.9 cm³/mol. The number of hydrogen-bond donors (Lipinski definition) is 1. The Kier molecular flexibility index (Phi) is 3.29. The third-order valence-corrected chi connectivity index (χ3v) is 2.05. The van der Waals surface area contributed by atoms with E-state index in [1.54, 1.807) is 6.92 Å². The minimum atomic E-state index is -0.962. The van der Waals surface area contributed by atoms with Gasteiger partial charge in [0, 0.05) is 0 Å². The lowest BCUT2D eigenvalue weighted by atomic mass is 10.2. The van der Waals surface area contributed by atoms with Crippen molar-refractivity contribution in [2.24, 2.45) is 0 Å². The molecular formula is C8H13NO5. The van der Waals surface area contributed by atoms with Crippen molar-refractivity contribution in [1.82, 2.24) is 4.90 Å². The molecule has 0 bridgehead atoms. The van der Waals surface area contributed by atoms with Crippen LogP contribution in [0.2, 0.25) is 0 Å². The molecule has 1 aliphatic heterocycles. The van der Waals surface area contributed by atoms with E-state index >= 15 is 0 Å². The first-order valence-corrected chi connectivity index (χ1v) is 4.25. The molecule has 0 aromatic rings. The second-order valence-electron chi connectivity index (χ2n) is 3.11. The summed E-state index contributed by atoms with van der Waals surface area (Å²) in [5, 5.41) is 8.52. The zero-order chi connectivity index (χ0) is 10.7. The van der Waals surface area contributed by atoms with E-state index in [0.29, 0.717) is 13.1 Å². The smallest absolute Gasteiger partial charge is 0.407 e. The number of rotatable bonds is 3. The molecule has 0 unspecified atom stereocenters. The average molecular weight is 203 g/mol. The first kappa shape index (κ1) is 10.8. The van der Waals surface area contributed by atoms with Gasteiger partial charge in [-0.25, -0.2) is 9.59 Å². The van der Waals surface area contributed by atoms with Crippen molar-refractivity contribution in [3.05, 3.63) is 0 Å². The number of carboxylic acid groups (broad SMARTS) is 1. The van der Waals surface area contributed by atoms with Gasteiger partial charge in [0.2, 0.25) is 0 Å². The standard InChI is InChI=1S/C8H13NO5/c1-5(7(10)13-2)14-6-3-9(4-6)8(11)12/h5-6H,3-4H2,1-2H3,(H,11,12)/t5-/m1/s1. The van der Waals surface area contributed by atoms with Crippen LogP contribution in [-0.2, 0) is 14.3 Å². The molecular weight excluding hydrogens is 190 g/mol. The molecule has 1 rings (SSSR count). The van der Waals surface area contributed by atoms with E-state index in [0.717, 1.165) is 0 Å². The maximum absolute atomic E-state index is 10.9. The van der Waals surface area contributed by atoms with Crippen molar-refractivity contribution in [1.29, 1.82) is 0 Å². The quantitative estimate of drug-likeness (QED) is 0.649. The summed E-state index contributed by atoms with van der Waals surface area (Å²) in [5.74, 6) is -0.446. The second-order valence-corrected chi connectivity index (χ2v) is 3.11. The average Bonchev–Trinajstić information content (AvgIpc) is 2.07. The van der Waals surface area contributed by atoms with Gasteiger partial charge in [0.25, 0.3) is 0 Å². The maximum Gasteiger partial charge on any atom is 0.407 e. The Balaban J connectivity index is 2.22. The van der Waals surface area contributed by atoms with E-state index in [1.165, 1.54) is 12.0 Å². The number of carbonyl (C=O) groups excluding carboxylic acids is 1. The monoisotopic (exact) mass is 203 g/mol. The molecule has 6 heteroatoms. The van der Waals surface area contributed by atoms with Crippen molar-refractivity contribution < 1.29 is 24.2 Å². The van der Waals surface area contributed by atoms with Gasteiger partial charge >= 0.3 is 12.1 Å². The summed E-state index contributed by atoms with van der Waals surface area (Å²) in [5.41, 5.74) is 0. The number of likely N-dealkylation sites (tertiary alicyclic amines) is 1. The molecule has 1 amide bonds. The number of carbonyl (C=O) groups is 2. The number of nitrogens with zero attached hydrogens (tertiary/aromatic N) is 1. The predicted octanol–water partition coefficient (Wildman–Crippen LogP) is -0.0733. The normalized spacial score (nSPS) is 18.6. The fourth-order valence-electron chi connectivity index (χ4n) is 1.19. The zero-order valence-electron chi connectivity index (χ0n) is 8.10. The van der Waals surface area contributed by atoms with Crippen LogP contribution in [-0.4, -0.2) is 54.5 Å². The van der Waals surface area contributed by atoms with Crippen LogP contribution >= 0.6 is 0 Å². The van der Waals surface area contributed by atoms with Crippen molar-refractivity contribution in [2.75, 3.05) is 20.2 Å². The molecule has 80 valence electrons. The van der Waals surface area contributed by atoms with Gasteiger partial charge in [0.1, 0.15) is 0 Å². The summed E-state index contributed by atoms with van der Waals surface area (Å²) in [6, 6.07) is 0. The van der Waals surface area contributed by atoms with Gasteiger partial charge in [-0.2, -0.15) is 0 Å². The summed E-state index contributed by atoms with van der Waals surface area (Å²) in [6.45, 7) is 2.21. The molecule has 1 aliphatic rings. The van der Waals surface area contributed by atoms with Crippen LogP contribution in [0.3, 0.4) is 0 Å². The number of amides is 1. The van der Waals surface area contributed by atoms with Gasteiger partial charge in [0.05, 0.1) is 26.3 Å². The Bertz CT molecular complexity index is 236. The van der Waals surface area contributed by atoms with Gasteiger partial charge in [-0.05, 0) is 6.92 Å². The Hall–Kier alpha value is -1.30. The van der Waals surface area contributed by atoms with E-state index < -0.39 is 18.2 Å². The Morgan fingerprint density at radius 1 is 1.50 bits per heavy atom. The van der Waals surface area contributed by atoms with E-state index in [2.05, 4.69) is 4.74 Å². The molecule has 1 heterocycles. The van der Waals surface area contributed by atoms with Gasteiger partial charge in [-0.3, -0.25) is 0 Å². The van der Waals surface area contributed by atoms with E-state index in [1.807, 2.05) is 0 Å². The fraction of sp³-hybridized carbons (Fsp3) is 0.750. The summed E-state index contributed by atoms with van der Waals surface area (Å²) >= 11 is 0. The second kappa shape index (κ2) is 4.28. The zero-order valence-corrected chi connectivity index (χ0v) is 8.10. The van der Waals surface area contributed by atoms with Crippen molar-refractivity contribution in [2.45, 2.75) is 19.1 Å². The minimum Gasteiger partial charge on any atom is -0.467 e. The maximum atomic E-state index is 10.9. The molecule has 1 saturated heterocycles. The number of methoxy groups -OCH3 is 1. The first-order chi connectivity index (χ1) is 6.54. The summed E-state index contributed by atoms with van der Waals surface area (Å²) < 4.78 is 9.70. The lowest BCUT2D eigenvalue weighted by Gasteiger charge is -2.37. The summed E-state index contributed by atoms with van der Waals surface area (Å²) in [7, 11) is 1.28. The molecule has 6 nitrogen and oxygen atoms in total. The number of esters is 1. The van der Waals surface area contributed by atoms with Crippen molar-refractivity contribution in [3.63, 3.8) is 0 Å². The number of ether oxygens (including phenoxy) is 2. The van der Waals surface area contributed by atoms with Gasteiger partial charge in [-0.1, -0.05) is 0 Å². The van der Waals surface area contributed by atoms with Crippen molar-refractivity contribution in [3.8, 4) is 0 Å². The van der Waals surface area contributed by atoms with Crippen molar-refractivity contribution >= 4 is 12.1 Å². The molecule has 0 saturated carbocycles. The summed E-state index contributed by atoms with van der Waals surface area (Å²) in [6.07, 6.45) is -1.79.